The molecule has 6 nitrogen and oxygen atoms in total. The van der Waals surface area contributed by atoms with Gasteiger partial charge in [0.05, 0.1) is 17.2 Å². The van der Waals surface area contributed by atoms with Crippen LogP contribution >= 0.6 is 11.6 Å². The van der Waals surface area contributed by atoms with Crippen molar-refractivity contribution in [3.8, 4) is 0 Å². The fraction of sp³-hybridized carbons (Fsp3) is 0.143. The first-order chi connectivity index (χ1) is 9.97. The van der Waals surface area contributed by atoms with Crippen LogP contribution in [-0.2, 0) is 6.54 Å². The van der Waals surface area contributed by atoms with Crippen molar-refractivity contribution >= 4 is 23.2 Å². The van der Waals surface area contributed by atoms with Crippen LogP contribution in [0.25, 0.3) is 0 Å². The Bertz CT molecular complexity index is 704. The van der Waals surface area contributed by atoms with Crippen molar-refractivity contribution in [2.24, 2.45) is 0 Å². The molecule has 0 aliphatic rings. The van der Waals surface area contributed by atoms with E-state index in [0.29, 0.717) is 0 Å². The highest BCUT2D eigenvalue weighted by atomic mass is 35.5. The standard InChI is InChI=1S/C14H12ClN3O3/c1-9-3-2-4-11(17-9)8-16-14(19)10-5-6-13(18(20)21)12(15)7-10/h2-7H,8H2,1H3,(H,16,19). The Kier molecular flexibility index (Phi) is 4.49. The first-order valence-corrected chi connectivity index (χ1v) is 6.50. The molecule has 2 rings (SSSR count). The van der Waals surface area contributed by atoms with Gasteiger partial charge in [0.25, 0.3) is 11.6 Å². The molecule has 2 aromatic rings. The minimum atomic E-state index is -0.597. The number of carbonyl (C=O) groups is 1. The summed E-state index contributed by atoms with van der Waals surface area (Å²) in [4.78, 5) is 26.3. The zero-order valence-electron chi connectivity index (χ0n) is 11.2. The average Bonchev–Trinajstić information content (AvgIpc) is 2.44. The van der Waals surface area contributed by atoms with Gasteiger partial charge in [0, 0.05) is 17.3 Å². The molecule has 1 aromatic heterocycles. The van der Waals surface area contributed by atoms with Crippen LogP contribution in [0.15, 0.2) is 36.4 Å². The summed E-state index contributed by atoms with van der Waals surface area (Å²) in [6, 6.07) is 9.37. The number of pyridine rings is 1. The van der Waals surface area contributed by atoms with E-state index in [1.807, 2.05) is 19.1 Å². The number of halogens is 1. The lowest BCUT2D eigenvalue weighted by Gasteiger charge is -2.06. The molecule has 7 heteroatoms. The quantitative estimate of drug-likeness (QED) is 0.695. The normalized spacial score (nSPS) is 10.2. The molecule has 108 valence electrons. The van der Waals surface area contributed by atoms with Gasteiger partial charge in [0.1, 0.15) is 5.02 Å². The molecular formula is C14H12ClN3O3. The predicted molar refractivity (Wildman–Crippen MR) is 78.3 cm³/mol. The molecule has 0 unspecified atom stereocenters. The molecule has 0 atom stereocenters. The number of amides is 1. The number of aromatic nitrogens is 1. The number of hydrogen-bond acceptors (Lipinski definition) is 4. The summed E-state index contributed by atoms with van der Waals surface area (Å²) in [7, 11) is 0. The van der Waals surface area contributed by atoms with Gasteiger partial charge in [-0.1, -0.05) is 17.7 Å². The second-order valence-corrected chi connectivity index (χ2v) is 4.78. The summed E-state index contributed by atoms with van der Waals surface area (Å²) in [5, 5.41) is 13.3. The maximum absolute atomic E-state index is 12.0. The zero-order valence-corrected chi connectivity index (χ0v) is 11.9. The number of nitro groups is 1. The van der Waals surface area contributed by atoms with Gasteiger partial charge >= 0.3 is 0 Å². The van der Waals surface area contributed by atoms with Gasteiger partial charge in [0.2, 0.25) is 0 Å². The lowest BCUT2D eigenvalue weighted by molar-refractivity contribution is -0.384. The number of benzene rings is 1. The minimum Gasteiger partial charge on any atom is -0.346 e. The Morgan fingerprint density at radius 3 is 2.76 bits per heavy atom. The zero-order chi connectivity index (χ0) is 15.4. The third kappa shape index (κ3) is 3.76. The topological polar surface area (TPSA) is 85.1 Å². The van der Waals surface area contributed by atoms with Crippen LogP contribution in [-0.4, -0.2) is 15.8 Å². The van der Waals surface area contributed by atoms with Gasteiger partial charge in [0.15, 0.2) is 0 Å². The van der Waals surface area contributed by atoms with E-state index >= 15 is 0 Å². The lowest BCUT2D eigenvalue weighted by Crippen LogP contribution is -2.23. The van der Waals surface area contributed by atoms with Crippen LogP contribution in [0.4, 0.5) is 5.69 Å². The molecule has 0 saturated carbocycles. The van der Waals surface area contributed by atoms with Gasteiger partial charge < -0.3 is 5.32 Å². The maximum Gasteiger partial charge on any atom is 0.287 e. The van der Waals surface area contributed by atoms with Gasteiger partial charge in [-0.2, -0.15) is 0 Å². The van der Waals surface area contributed by atoms with Gasteiger partial charge in [-0.15, -0.1) is 0 Å². The number of nitrogens with one attached hydrogen (secondary N) is 1. The molecule has 1 heterocycles. The summed E-state index contributed by atoms with van der Waals surface area (Å²) in [5.41, 5.74) is 1.63. The first-order valence-electron chi connectivity index (χ1n) is 6.12. The maximum atomic E-state index is 12.0. The molecule has 0 bridgehead atoms. The van der Waals surface area contributed by atoms with E-state index in [1.54, 1.807) is 6.07 Å². The summed E-state index contributed by atoms with van der Waals surface area (Å²) in [6.07, 6.45) is 0. The van der Waals surface area contributed by atoms with E-state index in [0.717, 1.165) is 11.4 Å². The fourth-order valence-corrected chi connectivity index (χ4v) is 2.02. The highest BCUT2D eigenvalue weighted by Gasteiger charge is 2.15. The SMILES string of the molecule is Cc1cccc(CNC(=O)c2ccc([N+](=O)[O-])c(Cl)c2)n1. The average molecular weight is 306 g/mol. The van der Waals surface area contributed by atoms with E-state index in [2.05, 4.69) is 10.3 Å². The molecule has 0 fully saturated rings. The third-order valence-corrected chi connectivity index (χ3v) is 3.09. The molecule has 0 aliphatic heterocycles. The number of nitrogens with zero attached hydrogens (tertiary/aromatic N) is 2. The molecule has 0 saturated heterocycles. The van der Waals surface area contributed by atoms with Crippen LogP contribution in [0.1, 0.15) is 21.7 Å². The predicted octanol–water partition coefficient (Wildman–Crippen LogP) is 2.88. The fourth-order valence-electron chi connectivity index (χ4n) is 1.77. The number of carbonyl (C=O) groups excluding carboxylic acids is 1. The summed E-state index contributed by atoms with van der Waals surface area (Å²) in [5.74, 6) is -0.366. The van der Waals surface area contributed by atoms with Crippen molar-refractivity contribution in [1.82, 2.24) is 10.3 Å². The second-order valence-electron chi connectivity index (χ2n) is 4.38. The number of aryl methyl sites for hydroxylation is 1. The van der Waals surface area contributed by atoms with Crippen molar-refractivity contribution in [2.45, 2.75) is 13.5 Å². The molecule has 21 heavy (non-hydrogen) atoms. The van der Waals surface area contributed by atoms with Crippen LogP contribution in [0.2, 0.25) is 5.02 Å². The Labute approximate surface area is 125 Å². The molecule has 1 N–H and O–H groups in total. The highest BCUT2D eigenvalue weighted by molar-refractivity contribution is 6.33. The van der Waals surface area contributed by atoms with Crippen molar-refractivity contribution < 1.29 is 9.72 Å². The van der Waals surface area contributed by atoms with E-state index in [-0.39, 0.29) is 28.7 Å². The van der Waals surface area contributed by atoms with Crippen molar-refractivity contribution in [3.63, 3.8) is 0 Å². The minimum absolute atomic E-state index is 0.0682. The molecular weight excluding hydrogens is 294 g/mol. The molecule has 0 spiro atoms. The van der Waals surface area contributed by atoms with Crippen LogP contribution in [0.5, 0.6) is 0 Å². The summed E-state index contributed by atoms with van der Waals surface area (Å²) >= 11 is 5.77. The van der Waals surface area contributed by atoms with Gasteiger partial charge in [-0.3, -0.25) is 19.9 Å². The van der Waals surface area contributed by atoms with E-state index < -0.39 is 4.92 Å². The van der Waals surface area contributed by atoms with E-state index in [9.17, 15) is 14.9 Å². The van der Waals surface area contributed by atoms with E-state index in [4.69, 9.17) is 11.6 Å². The Hall–Kier alpha value is -2.47. The van der Waals surface area contributed by atoms with Crippen LogP contribution < -0.4 is 5.32 Å². The summed E-state index contributed by atoms with van der Waals surface area (Å²) in [6.45, 7) is 2.14. The van der Waals surface area contributed by atoms with Crippen molar-refractivity contribution in [2.75, 3.05) is 0 Å². The van der Waals surface area contributed by atoms with E-state index in [1.165, 1.54) is 18.2 Å². The molecule has 1 aromatic carbocycles. The molecule has 1 amide bonds. The number of rotatable bonds is 4. The van der Waals surface area contributed by atoms with Crippen LogP contribution in [0.3, 0.4) is 0 Å². The molecule has 0 radical (unpaired) electrons. The monoisotopic (exact) mass is 305 g/mol. The Morgan fingerprint density at radius 2 is 2.14 bits per heavy atom. The third-order valence-electron chi connectivity index (χ3n) is 2.78. The highest BCUT2D eigenvalue weighted by Crippen LogP contribution is 2.24. The second kappa shape index (κ2) is 6.32. The first kappa shape index (κ1) is 14.9. The summed E-state index contributed by atoms with van der Waals surface area (Å²) < 4.78 is 0. The van der Waals surface area contributed by atoms with Crippen molar-refractivity contribution in [1.29, 1.82) is 0 Å². The lowest BCUT2D eigenvalue weighted by atomic mass is 10.2. The molecule has 0 aliphatic carbocycles. The Morgan fingerprint density at radius 1 is 1.38 bits per heavy atom. The van der Waals surface area contributed by atoms with Crippen molar-refractivity contribution in [3.05, 3.63) is 68.5 Å². The largest absolute Gasteiger partial charge is 0.346 e. The van der Waals surface area contributed by atoms with Crippen LogP contribution in [0, 0.1) is 17.0 Å². The Balaban J connectivity index is 2.07. The van der Waals surface area contributed by atoms with Gasteiger partial charge in [-0.05, 0) is 31.2 Å². The smallest absolute Gasteiger partial charge is 0.287 e. The number of nitro benzene ring substituents is 1. The number of hydrogen-bond donors (Lipinski definition) is 1. The van der Waals surface area contributed by atoms with Gasteiger partial charge in [-0.25, -0.2) is 0 Å².